The van der Waals surface area contributed by atoms with Gasteiger partial charge in [0.05, 0.1) is 6.07 Å². The number of anilines is 1. The van der Waals surface area contributed by atoms with Crippen molar-refractivity contribution in [2.24, 2.45) is 0 Å². The summed E-state index contributed by atoms with van der Waals surface area (Å²) < 4.78 is 0. The minimum Gasteiger partial charge on any atom is -0.328 e. The summed E-state index contributed by atoms with van der Waals surface area (Å²) in [6.45, 7) is 0. The Morgan fingerprint density at radius 1 is 1.46 bits per heavy atom. The molecule has 0 saturated heterocycles. The molecule has 0 fully saturated rings. The molecule has 0 aliphatic heterocycles. The minimum atomic E-state index is 0.470. The maximum atomic E-state index is 10.2. The predicted octanol–water partition coefficient (Wildman–Crippen LogP) is 1.71. The molecule has 3 nitrogen and oxygen atoms in total. The molecule has 1 aromatic carbocycles. The van der Waals surface area contributed by atoms with Gasteiger partial charge in [-0.15, -0.1) is 0 Å². The van der Waals surface area contributed by atoms with Gasteiger partial charge in [-0.2, -0.15) is 5.26 Å². The summed E-state index contributed by atoms with van der Waals surface area (Å²) in [5, 5.41) is 11.0. The van der Waals surface area contributed by atoms with Gasteiger partial charge in [0.2, 0.25) is 6.41 Å². The van der Waals surface area contributed by atoms with Gasteiger partial charge in [-0.05, 0) is 18.1 Å². The predicted molar refractivity (Wildman–Crippen MR) is 50.1 cm³/mol. The SMILES string of the molecule is N#CCCc1ccccc1NC=O. The molecule has 1 rings (SSSR count). The number of nitrogens with zero attached hydrogens (tertiary/aromatic N) is 1. The molecule has 0 heterocycles. The van der Waals surface area contributed by atoms with Gasteiger partial charge in [0.25, 0.3) is 0 Å². The monoisotopic (exact) mass is 174 g/mol. The van der Waals surface area contributed by atoms with Crippen molar-refractivity contribution in [3.8, 4) is 6.07 Å². The number of hydrogen-bond acceptors (Lipinski definition) is 2. The molecule has 0 aromatic heterocycles. The fraction of sp³-hybridized carbons (Fsp3) is 0.200. The van der Waals surface area contributed by atoms with Crippen LogP contribution in [0.2, 0.25) is 0 Å². The first-order valence-corrected chi connectivity index (χ1v) is 4.03. The lowest BCUT2D eigenvalue weighted by atomic mass is 10.1. The van der Waals surface area contributed by atoms with Crippen molar-refractivity contribution in [1.29, 1.82) is 5.26 Å². The molecule has 0 radical (unpaired) electrons. The number of para-hydroxylation sites is 1. The molecule has 13 heavy (non-hydrogen) atoms. The average Bonchev–Trinajstić information content (AvgIpc) is 2.17. The van der Waals surface area contributed by atoms with Gasteiger partial charge < -0.3 is 5.32 Å². The smallest absolute Gasteiger partial charge is 0.211 e. The van der Waals surface area contributed by atoms with E-state index in [1.54, 1.807) is 0 Å². The van der Waals surface area contributed by atoms with Gasteiger partial charge in [0, 0.05) is 12.1 Å². The Morgan fingerprint density at radius 3 is 2.92 bits per heavy atom. The highest BCUT2D eigenvalue weighted by atomic mass is 16.1. The molecule has 0 aliphatic carbocycles. The van der Waals surface area contributed by atoms with Crippen LogP contribution < -0.4 is 5.32 Å². The molecule has 0 atom stereocenters. The Labute approximate surface area is 77.0 Å². The van der Waals surface area contributed by atoms with E-state index in [9.17, 15) is 4.79 Å². The lowest BCUT2D eigenvalue weighted by Crippen LogP contribution is -1.98. The van der Waals surface area contributed by atoms with Crippen molar-refractivity contribution < 1.29 is 4.79 Å². The second-order valence-corrected chi connectivity index (χ2v) is 2.58. The van der Waals surface area contributed by atoms with Crippen LogP contribution in [0.15, 0.2) is 24.3 Å². The van der Waals surface area contributed by atoms with E-state index in [1.165, 1.54) is 0 Å². The summed E-state index contributed by atoms with van der Waals surface area (Å²) in [5.41, 5.74) is 1.78. The third-order valence-corrected chi connectivity index (χ3v) is 1.74. The maximum Gasteiger partial charge on any atom is 0.211 e. The third kappa shape index (κ3) is 2.60. The van der Waals surface area contributed by atoms with Gasteiger partial charge in [0.1, 0.15) is 0 Å². The lowest BCUT2D eigenvalue weighted by molar-refractivity contribution is -0.105. The number of rotatable bonds is 4. The molecule has 1 aromatic rings. The maximum absolute atomic E-state index is 10.2. The number of nitriles is 1. The summed E-state index contributed by atoms with van der Waals surface area (Å²) in [6.07, 6.45) is 1.79. The van der Waals surface area contributed by atoms with E-state index < -0.39 is 0 Å². The zero-order valence-corrected chi connectivity index (χ0v) is 7.16. The Morgan fingerprint density at radius 2 is 2.23 bits per heavy atom. The van der Waals surface area contributed by atoms with Crippen LogP contribution in [0.25, 0.3) is 0 Å². The van der Waals surface area contributed by atoms with E-state index in [4.69, 9.17) is 5.26 Å². The Balaban J connectivity index is 2.78. The Bertz CT molecular complexity index is 328. The zero-order chi connectivity index (χ0) is 9.52. The molecule has 1 N–H and O–H groups in total. The highest BCUT2D eigenvalue weighted by molar-refractivity contribution is 5.73. The van der Waals surface area contributed by atoms with Crippen molar-refractivity contribution in [2.75, 3.05) is 5.32 Å². The number of amides is 1. The number of benzene rings is 1. The molecule has 1 amide bonds. The first-order valence-electron chi connectivity index (χ1n) is 4.03. The number of carbonyl (C=O) groups is 1. The molecule has 0 unspecified atom stereocenters. The largest absolute Gasteiger partial charge is 0.328 e. The first kappa shape index (κ1) is 9.27. The van der Waals surface area contributed by atoms with Gasteiger partial charge in [0.15, 0.2) is 0 Å². The van der Waals surface area contributed by atoms with Crippen LogP contribution in [0.4, 0.5) is 5.69 Å². The van der Waals surface area contributed by atoms with Crippen molar-refractivity contribution >= 4 is 12.1 Å². The average molecular weight is 174 g/mol. The number of carbonyl (C=O) groups excluding carboxylic acids is 1. The van der Waals surface area contributed by atoms with E-state index in [0.717, 1.165) is 11.3 Å². The van der Waals surface area contributed by atoms with E-state index in [1.807, 2.05) is 24.3 Å². The fourth-order valence-electron chi connectivity index (χ4n) is 1.13. The fourth-order valence-corrected chi connectivity index (χ4v) is 1.13. The van der Waals surface area contributed by atoms with Crippen LogP contribution in [-0.2, 0) is 11.2 Å². The second kappa shape index (κ2) is 4.94. The molecule has 0 bridgehead atoms. The number of aryl methyl sites for hydroxylation is 1. The standard InChI is InChI=1S/C10H10N2O/c11-7-3-5-9-4-1-2-6-10(9)12-8-13/h1-2,4,6,8H,3,5H2,(H,12,13). The quantitative estimate of drug-likeness (QED) is 0.706. The molecule has 0 aliphatic rings. The topological polar surface area (TPSA) is 52.9 Å². The highest BCUT2D eigenvalue weighted by Crippen LogP contribution is 2.15. The van der Waals surface area contributed by atoms with Crippen LogP contribution in [0.5, 0.6) is 0 Å². The van der Waals surface area contributed by atoms with Crippen LogP contribution in [0.3, 0.4) is 0 Å². The van der Waals surface area contributed by atoms with Crippen LogP contribution >= 0.6 is 0 Å². The normalized spacial score (nSPS) is 8.85. The van der Waals surface area contributed by atoms with Gasteiger partial charge in [-0.1, -0.05) is 18.2 Å². The molecule has 0 spiro atoms. The van der Waals surface area contributed by atoms with E-state index in [2.05, 4.69) is 11.4 Å². The first-order chi connectivity index (χ1) is 6.38. The van der Waals surface area contributed by atoms with E-state index >= 15 is 0 Å². The van der Waals surface area contributed by atoms with Gasteiger partial charge in [-0.25, -0.2) is 0 Å². The van der Waals surface area contributed by atoms with Gasteiger partial charge in [-0.3, -0.25) is 4.79 Å². The number of nitrogens with one attached hydrogen (secondary N) is 1. The molecular formula is C10H10N2O. The van der Waals surface area contributed by atoms with Crippen molar-refractivity contribution in [1.82, 2.24) is 0 Å². The zero-order valence-electron chi connectivity index (χ0n) is 7.16. The van der Waals surface area contributed by atoms with Crippen molar-refractivity contribution in [3.05, 3.63) is 29.8 Å². The molecule has 0 saturated carbocycles. The summed E-state index contributed by atoms with van der Waals surface area (Å²) in [5.74, 6) is 0. The van der Waals surface area contributed by atoms with Crippen LogP contribution in [0.1, 0.15) is 12.0 Å². The van der Waals surface area contributed by atoms with Crippen LogP contribution in [-0.4, -0.2) is 6.41 Å². The van der Waals surface area contributed by atoms with Crippen LogP contribution in [0, 0.1) is 11.3 Å². The van der Waals surface area contributed by atoms with E-state index in [-0.39, 0.29) is 0 Å². The lowest BCUT2D eigenvalue weighted by Gasteiger charge is -2.04. The van der Waals surface area contributed by atoms with E-state index in [0.29, 0.717) is 19.3 Å². The molecule has 66 valence electrons. The minimum absolute atomic E-state index is 0.470. The summed E-state index contributed by atoms with van der Waals surface area (Å²) in [4.78, 5) is 10.2. The highest BCUT2D eigenvalue weighted by Gasteiger charge is 1.98. The molecular weight excluding hydrogens is 164 g/mol. The summed E-state index contributed by atoms with van der Waals surface area (Å²) >= 11 is 0. The number of hydrogen-bond donors (Lipinski definition) is 1. The van der Waals surface area contributed by atoms with Crippen molar-refractivity contribution in [2.45, 2.75) is 12.8 Å². The van der Waals surface area contributed by atoms with Crippen molar-refractivity contribution in [3.63, 3.8) is 0 Å². The molecule has 3 heteroatoms. The van der Waals surface area contributed by atoms with Gasteiger partial charge >= 0.3 is 0 Å². The summed E-state index contributed by atoms with van der Waals surface area (Å²) in [6, 6.07) is 9.54. The Hall–Kier alpha value is -1.82. The summed E-state index contributed by atoms with van der Waals surface area (Å²) in [7, 11) is 0. The Kier molecular flexibility index (Phi) is 3.52. The second-order valence-electron chi connectivity index (χ2n) is 2.58. The third-order valence-electron chi connectivity index (χ3n) is 1.74.